The topological polar surface area (TPSA) is 20.3 Å². The van der Waals surface area contributed by atoms with E-state index in [4.69, 9.17) is 0 Å². The zero-order valence-corrected chi connectivity index (χ0v) is 14.2. The molecular weight excluding hydrogens is 346 g/mol. The average Bonchev–Trinajstić information content (AvgIpc) is 2.50. The second kappa shape index (κ2) is 6.24. The van der Waals surface area contributed by atoms with Gasteiger partial charge in [-0.25, -0.2) is 0 Å². The van der Waals surface area contributed by atoms with E-state index in [2.05, 4.69) is 52.0 Å². The predicted octanol–water partition coefficient (Wildman–Crippen LogP) is 5.66. The molecule has 0 bridgehead atoms. The smallest absolute Gasteiger partial charge is 0.150 e. The van der Waals surface area contributed by atoms with Crippen molar-refractivity contribution in [2.75, 3.05) is 11.4 Å². The fourth-order valence-electron chi connectivity index (χ4n) is 2.51. The number of benzene rings is 2. The predicted molar refractivity (Wildman–Crippen MR) is 92.0 cm³/mol. The van der Waals surface area contributed by atoms with Gasteiger partial charge in [-0.05, 0) is 42.8 Å². The number of halogens is 1. The van der Waals surface area contributed by atoms with Crippen LogP contribution < -0.4 is 4.90 Å². The van der Waals surface area contributed by atoms with Crippen molar-refractivity contribution in [2.24, 2.45) is 0 Å². The Bertz CT molecular complexity index is 686. The van der Waals surface area contributed by atoms with Gasteiger partial charge in [0.05, 0.1) is 11.4 Å². The highest BCUT2D eigenvalue weighted by molar-refractivity contribution is 9.10. The molecule has 1 aliphatic heterocycles. The summed E-state index contributed by atoms with van der Waals surface area (Å²) in [5.74, 6) is 0. The first-order valence-electron chi connectivity index (χ1n) is 7.07. The van der Waals surface area contributed by atoms with Gasteiger partial charge >= 0.3 is 0 Å². The van der Waals surface area contributed by atoms with Gasteiger partial charge in [0.2, 0.25) is 0 Å². The molecule has 0 saturated carbocycles. The van der Waals surface area contributed by atoms with Crippen LogP contribution >= 0.6 is 27.7 Å². The molecule has 2 aromatic carbocycles. The van der Waals surface area contributed by atoms with Crippen molar-refractivity contribution in [3.8, 4) is 0 Å². The van der Waals surface area contributed by atoms with Crippen molar-refractivity contribution in [1.29, 1.82) is 0 Å². The summed E-state index contributed by atoms with van der Waals surface area (Å²) in [6.07, 6.45) is 3.22. The monoisotopic (exact) mass is 361 g/mol. The Morgan fingerprint density at radius 1 is 1.14 bits per heavy atom. The third-order valence-electron chi connectivity index (χ3n) is 3.58. The number of hydrogen-bond donors (Lipinski definition) is 0. The Balaban J connectivity index is 2.09. The first-order chi connectivity index (χ1) is 10.2. The van der Waals surface area contributed by atoms with Crippen LogP contribution in [0.25, 0.3) is 0 Å². The summed E-state index contributed by atoms with van der Waals surface area (Å²) in [7, 11) is 0. The van der Waals surface area contributed by atoms with Crippen molar-refractivity contribution in [2.45, 2.75) is 29.6 Å². The zero-order valence-electron chi connectivity index (χ0n) is 11.8. The number of rotatable bonds is 4. The van der Waals surface area contributed by atoms with Crippen LogP contribution in [0, 0.1) is 0 Å². The van der Waals surface area contributed by atoms with Crippen molar-refractivity contribution in [3.05, 3.63) is 46.4 Å². The SMILES string of the molecule is CCCCN1c2ccc(Br)cc2Sc2cc(C=O)ccc21. The van der Waals surface area contributed by atoms with Crippen LogP contribution in [-0.4, -0.2) is 12.8 Å². The number of carbonyl (C=O) groups excluding carboxylic acids is 1. The molecule has 3 rings (SSSR count). The lowest BCUT2D eigenvalue weighted by Gasteiger charge is -2.33. The quantitative estimate of drug-likeness (QED) is 0.654. The summed E-state index contributed by atoms with van der Waals surface area (Å²) in [6, 6.07) is 12.3. The molecule has 0 atom stereocenters. The number of nitrogens with zero attached hydrogens (tertiary/aromatic N) is 1. The van der Waals surface area contributed by atoms with Gasteiger partial charge < -0.3 is 4.90 Å². The summed E-state index contributed by atoms with van der Waals surface area (Å²) in [5.41, 5.74) is 3.19. The maximum absolute atomic E-state index is 11.0. The Labute approximate surface area is 137 Å². The molecule has 0 radical (unpaired) electrons. The van der Waals surface area contributed by atoms with Gasteiger partial charge in [0.25, 0.3) is 0 Å². The van der Waals surface area contributed by atoms with E-state index in [1.54, 1.807) is 11.8 Å². The molecule has 1 aliphatic rings. The summed E-state index contributed by atoms with van der Waals surface area (Å²) in [4.78, 5) is 15.8. The molecule has 0 N–H and O–H groups in total. The average molecular weight is 362 g/mol. The van der Waals surface area contributed by atoms with E-state index in [1.807, 2.05) is 12.1 Å². The normalized spacial score (nSPS) is 12.8. The lowest BCUT2D eigenvalue weighted by molar-refractivity contribution is 0.112. The van der Waals surface area contributed by atoms with Gasteiger partial charge in [-0.2, -0.15) is 0 Å². The van der Waals surface area contributed by atoms with E-state index in [0.29, 0.717) is 0 Å². The third kappa shape index (κ3) is 2.87. The largest absolute Gasteiger partial charge is 0.340 e. The lowest BCUT2D eigenvalue weighted by atomic mass is 10.1. The molecule has 0 unspecified atom stereocenters. The van der Waals surface area contributed by atoms with Gasteiger partial charge in [0, 0.05) is 26.4 Å². The third-order valence-corrected chi connectivity index (χ3v) is 5.17. The van der Waals surface area contributed by atoms with E-state index in [9.17, 15) is 4.79 Å². The van der Waals surface area contributed by atoms with E-state index in [0.717, 1.165) is 40.6 Å². The molecule has 1 heterocycles. The van der Waals surface area contributed by atoms with Crippen LogP contribution in [-0.2, 0) is 0 Å². The van der Waals surface area contributed by atoms with Crippen molar-refractivity contribution in [3.63, 3.8) is 0 Å². The second-order valence-electron chi connectivity index (χ2n) is 5.06. The molecule has 0 aliphatic carbocycles. The number of fused-ring (bicyclic) bond motifs is 2. The van der Waals surface area contributed by atoms with Gasteiger partial charge in [0.15, 0.2) is 0 Å². The first-order valence-corrected chi connectivity index (χ1v) is 8.68. The number of unbranched alkanes of at least 4 members (excludes halogenated alkanes) is 1. The summed E-state index contributed by atoms with van der Waals surface area (Å²) < 4.78 is 1.08. The van der Waals surface area contributed by atoms with Crippen LogP contribution in [0.1, 0.15) is 30.1 Å². The zero-order chi connectivity index (χ0) is 14.8. The van der Waals surface area contributed by atoms with Gasteiger partial charge in [-0.1, -0.05) is 41.0 Å². The molecule has 0 aromatic heterocycles. The Morgan fingerprint density at radius 2 is 1.86 bits per heavy atom. The van der Waals surface area contributed by atoms with Crippen LogP contribution in [0.3, 0.4) is 0 Å². The van der Waals surface area contributed by atoms with Crippen LogP contribution in [0.2, 0.25) is 0 Å². The maximum atomic E-state index is 11.0. The fourth-order valence-corrected chi connectivity index (χ4v) is 4.20. The number of carbonyl (C=O) groups is 1. The first kappa shape index (κ1) is 14.7. The summed E-state index contributed by atoms with van der Waals surface area (Å²) in [6.45, 7) is 3.21. The van der Waals surface area contributed by atoms with E-state index in [-0.39, 0.29) is 0 Å². The number of hydrogen-bond acceptors (Lipinski definition) is 3. The summed E-state index contributed by atoms with van der Waals surface area (Å²) in [5, 5.41) is 0. The van der Waals surface area contributed by atoms with Crippen molar-refractivity contribution >= 4 is 45.4 Å². The maximum Gasteiger partial charge on any atom is 0.150 e. The minimum atomic E-state index is 0.732. The highest BCUT2D eigenvalue weighted by Crippen LogP contribution is 2.49. The minimum absolute atomic E-state index is 0.732. The molecule has 2 nitrogen and oxygen atoms in total. The molecule has 2 aromatic rings. The Hall–Kier alpha value is -1.26. The molecule has 0 amide bonds. The Morgan fingerprint density at radius 3 is 2.57 bits per heavy atom. The molecule has 21 heavy (non-hydrogen) atoms. The van der Waals surface area contributed by atoms with Gasteiger partial charge in [-0.15, -0.1) is 0 Å². The van der Waals surface area contributed by atoms with Crippen LogP contribution in [0.15, 0.2) is 50.7 Å². The molecule has 108 valence electrons. The summed E-state index contributed by atoms with van der Waals surface area (Å²) >= 11 is 5.28. The number of anilines is 2. The van der Waals surface area contributed by atoms with Gasteiger partial charge in [-0.3, -0.25) is 4.79 Å². The van der Waals surface area contributed by atoms with Crippen molar-refractivity contribution in [1.82, 2.24) is 0 Å². The Kier molecular flexibility index (Phi) is 4.36. The lowest BCUT2D eigenvalue weighted by Crippen LogP contribution is -2.21. The highest BCUT2D eigenvalue weighted by atomic mass is 79.9. The fraction of sp³-hybridized carbons (Fsp3) is 0.235. The second-order valence-corrected chi connectivity index (χ2v) is 7.06. The molecule has 0 spiro atoms. The van der Waals surface area contributed by atoms with E-state index >= 15 is 0 Å². The van der Waals surface area contributed by atoms with Crippen LogP contribution in [0.4, 0.5) is 11.4 Å². The van der Waals surface area contributed by atoms with Gasteiger partial charge in [0.1, 0.15) is 6.29 Å². The number of aldehydes is 1. The van der Waals surface area contributed by atoms with Crippen molar-refractivity contribution < 1.29 is 4.79 Å². The van der Waals surface area contributed by atoms with Crippen LogP contribution in [0.5, 0.6) is 0 Å². The minimum Gasteiger partial charge on any atom is -0.340 e. The highest BCUT2D eigenvalue weighted by Gasteiger charge is 2.23. The molecular formula is C17H16BrNOS. The standard InChI is InChI=1S/C17H16BrNOS/c1-2-3-8-19-14-6-4-12(11-20)9-16(14)21-17-10-13(18)5-7-15(17)19/h4-7,9-11H,2-3,8H2,1H3. The molecule has 4 heteroatoms. The van der Waals surface area contributed by atoms with E-state index in [1.165, 1.54) is 16.3 Å². The molecule has 0 fully saturated rings. The molecule has 0 saturated heterocycles. The van der Waals surface area contributed by atoms with E-state index < -0.39 is 0 Å².